The first-order valence-corrected chi connectivity index (χ1v) is 9.90. The molecule has 0 radical (unpaired) electrons. The zero-order chi connectivity index (χ0) is 17.6. The molecule has 4 heteroatoms. The Hall–Kier alpha value is -1.16. The Balaban J connectivity index is 1.52. The van der Waals surface area contributed by atoms with Gasteiger partial charge in [0.2, 0.25) is 0 Å². The van der Waals surface area contributed by atoms with Gasteiger partial charge in [-0.1, -0.05) is 19.4 Å². The summed E-state index contributed by atoms with van der Waals surface area (Å²) in [4.78, 5) is 23.5. The summed E-state index contributed by atoms with van der Waals surface area (Å²) in [5.74, 6) is 1.22. The first-order valence-electron chi connectivity index (χ1n) is 9.90. The van der Waals surface area contributed by atoms with E-state index < -0.39 is 0 Å². The average Bonchev–Trinajstić information content (AvgIpc) is 3.17. The zero-order valence-corrected chi connectivity index (χ0v) is 15.5. The van der Waals surface area contributed by atoms with E-state index in [2.05, 4.69) is 13.8 Å². The first-order chi connectivity index (χ1) is 11.8. The van der Waals surface area contributed by atoms with Crippen molar-refractivity contribution in [2.75, 3.05) is 0 Å². The van der Waals surface area contributed by atoms with Crippen LogP contribution in [0.2, 0.25) is 0 Å². The van der Waals surface area contributed by atoms with E-state index in [1.807, 2.05) is 6.08 Å². The Morgan fingerprint density at radius 1 is 1.20 bits per heavy atom. The van der Waals surface area contributed by atoms with E-state index in [9.17, 15) is 9.59 Å². The third-order valence-electron chi connectivity index (χ3n) is 8.55. The number of fused-ring (bicyclic) bond motifs is 3. The maximum atomic E-state index is 12.0. The van der Waals surface area contributed by atoms with E-state index in [1.165, 1.54) is 12.5 Å². The summed E-state index contributed by atoms with van der Waals surface area (Å²) in [5.41, 5.74) is 1.34. The molecule has 0 N–H and O–H groups in total. The molecule has 5 aliphatic rings. The van der Waals surface area contributed by atoms with E-state index in [0.29, 0.717) is 18.3 Å². The third kappa shape index (κ3) is 1.82. The lowest BCUT2D eigenvalue weighted by Crippen LogP contribution is -2.58. The molecule has 4 nitrogen and oxygen atoms in total. The highest BCUT2D eigenvalue weighted by Crippen LogP contribution is 2.75. The number of carbonyl (C=O) groups excluding carboxylic acids is 2. The lowest BCUT2D eigenvalue weighted by molar-refractivity contribution is -0.155. The number of esters is 1. The number of epoxide rings is 1. The Kier molecular flexibility index (Phi) is 3.06. The quantitative estimate of drug-likeness (QED) is 0.539. The van der Waals surface area contributed by atoms with E-state index in [0.717, 1.165) is 38.5 Å². The lowest BCUT2D eigenvalue weighted by atomic mass is 9.47. The van der Waals surface area contributed by atoms with Gasteiger partial charge < -0.3 is 9.47 Å². The molecule has 4 fully saturated rings. The molecule has 4 aliphatic carbocycles. The van der Waals surface area contributed by atoms with Crippen molar-refractivity contribution in [3.63, 3.8) is 0 Å². The minimum absolute atomic E-state index is 0.0232. The van der Waals surface area contributed by atoms with Crippen LogP contribution in [0.3, 0.4) is 0 Å². The molecule has 5 rings (SSSR count). The standard InChI is InChI=1S/C21H28O4/c1-12(22)24-17-7-6-15-16-5-4-13-10-14(23)8-9-20(13,3)21(16)18(25-21)11-19(15,17)2/h10,15-18H,4-9,11H2,1-3H3/t15-,16-,17?,18?,19-,20-,21-/m0/s1. The molecule has 0 bridgehead atoms. The fourth-order valence-electron chi connectivity index (χ4n) is 7.36. The van der Waals surface area contributed by atoms with Crippen LogP contribution in [0.1, 0.15) is 65.7 Å². The van der Waals surface area contributed by atoms with Crippen molar-refractivity contribution in [1.82, 2.24) is 0 Å². The summed E-state index contributed by atoms with van der Waals surface area (Å²) < 4.78 is 12.3. The molecule has 1 saturated heterocycles. The highest BCUT2D eigenvalue weighted by Gasteiger charge is 2.79. The minimum Gasteiger partial charge on any atom is -0.462 e. The molecule has 7 atom stereocenters. The van der Waals surface area contributed by atoms with Crippen LogP contribution in [0, 0.1) is 22.7 Å². The van der Waals surface area contributed by atoms with Crippen LogP contribution in [0.15, 0.2) is 11.6 Å². The monoisotopic (exact) mass is 344 g/mol. The summed E-state index contributed by atoms with van der Waals surface area (Å²) in [6, 6.07) is 0. The molecular formula is C21H28O4. The zero-order valence-electron chi connectivity index (χ0n) is 15.5. The van der Waals surface area contributed by atoms with Crippen molar-refractivity contribution < 1.29 is 19.1 Å². The van der Waals surface area contributed by atoms with E-state index >= 15 is 0 Å². The molecule has 0 aromatic heterocycles. The average molecular weight is 344 g/mol. The van der Waals surface area contributed by atoms with Crippen molar-refractivity contribution in [2.45, 2.75) is 83.5 Å². The number of carbonyl (C=O) groups is 2. The normalized spacial score (nSPS) is 53.1. The second-order valence-electron chi connectivity index (χ2n) is 9.50. The van der Waals surface area contributed by atoms with Gasteiger partial charge in [-0.3, -0.25) is 9.59 Å². The Bertz CT molecular complexity index is 696. The predicted molar refractivity (Wildman–Crippen MR) is 91.8 cm³/mol. The Morgan fingerprint density at radius 2 is 2.00 bits per heavy atom. The molecule has 0 amide bonds. The molecule has 2 unspecified atom stereocenters. The summed E-state index contributed by atoms with van der Waals surface area (Å²) in [6.07, 6.45) is 9.05. The van der Waals surface area contributed by atoms with Crippen LogP contribution in [-0.2, 0) is 19.1 Å². The third-order valence-corrected chi connectivity index (χ3v) is 8.55. The van der Waals surface area contributed by atoms with Gasteiger partial charge in [0, 0.05) is 24.2 Å². The van der Waals surface area contributed by atoms with Gasteiger partial charge in [-0.05, 0) is 56.4 Å². The van der Waals surface area contributed by atoms with Gasteiger partial charge in [-0.25, -0.2) is 0 Å². The van der Waals surface area contributed by atoms with Crippen LogP contribution in [0.4, 0.5) is 0 Å². The van der Waals surface area contributed by atoms with Crippen molar-refractivity contribution in [3.8, 4) is 0 Å². The van der Waals surface area contributed by atoms with Crippen molar-refractivity contribution in [1.29, 1.82) is 0 Å². The summed E-state index contributed by atoms with van der Waals surface area (Å²) in [6.45, 7) is 6.19. The maximum Gasteiger partial charge on any atom is 0.302 e. The fourth-order valence-corrected chi connectivity index (χ4v) is 7.36. The second kappa shape index (κ2) is 4.76. The van der Waals surface area contributed by atoms with Gasteiger partial charge in [0.05, 0.1) is 6.10 Å². The highest BCUT2D eigenvalue weighted by molar-refractivity contribution is 5.91. The van der Waals surface area contributed by atoms with E-state index in [4.69, 9.17) is 9.47 Å². The number of hydrogen-bond acceptors (Lipinski definition) is 4. The van der Waals surface area contributed by atoms with Gasteiger partial charge >= 0.3 is 5.97 Å². The van der Waals surface area contributed by atoms with Crippen LogP contribution >= 0.6 is 0 Å². The van der Waals surface area contributed by atoms with Gasteiger partial charge in [0.25, 0.3) is 0 Å². The largest absolute Gasteiger partial charge is 0.462 e. The van der Waals surface area contributed by atoms with E-state index in [1.54, 1.807) is 0 Å². The number of ketones is 1. The van der Waals surface area contributed by atoms with Gasteiger partial charge in [0.1, 0.15) is 11.7 Å². The predicted octanol–water partition coefficient (Wildman–Crippen LogP) is 3.58. The fraction of sp³-hybridized carbons (Fsp3) is 0.810. The number of ether oxygens (including phenoxy) is 2. The summed E-state index contributed by atoms with van der Waals surface area (Å²) in [5, 5.41) is 0. The topological polar surface area (TPSA) is 55.9 Å². The molecule has 25 heavy (non-hydrogen) atoms. The molecule has 1 heterocycles. The first kappa shape index (κ1) is 16.0. The van der Waals surface area contributed by atoms with Crippen LogP contribution in [0.5, 0.6) is 0 Å². The minimum atomic E-state index is -0.160. The molecule has 0 aromatic carbocycles. The Morgan fingerprint density at radius 3 is 2.76 bits per heavy atom. The Labute approximate surface area is 149 Å². The van der Waals surface area contributed by atoms with Crippen molar-refractivity contribution in [3.05, 3.63) is 11.6 Å². The lowest BCUT2D eigenvalue weighted by Gasteiger charge is -2.55. The second-order valence-corrected chi connectivity index (χ2v) is 9.50. The number of rotatable bonds is 1. The molecular weight excluding hydrogens is 316 g/mol. The molecule has 3 saturated carbocycles. The van der Waals surface area contributed by atoms with Crippen LogP contribution in [-0.4, -0.2) is 29.6 Å². The molecule has 0 aromatic rings. The highest BCUT2D eigenvalue weighted by atomic mass is 16.6. The smallest absolute Gasteiger partial charge is 0.302 e. The molecule has 1 spiro atoms. The maximum absolute atomic E-state index is 12.0. The van der Waals surface area contributed by atoms with Crippen LogP contribution < -0.4 is 0 Å². The van der Waals surface area contributed by atoms with Gasteiger partial charge in [0.15, 0.2) is 5.78 Å². The van der Waals surface area contributed by atoms with Gasteiger partial charge in [-0.15, -0.1) is 0 Å². The SMILES string of the molecule is CC(=O)OC1CC[C@H]2[C@@H]3CCC4=CC(=O)CC[C@]4(C)[C@]34OC4C[C@]12C. The summed E-state index contributed by atoms with van der Waals surface area (Å²) >= 11 is 0. The van der Waals surface area contributed by atoms with Crippen molar-refractivity contribution in [2.24, 2.45) is 22.7 Å². The van der Waals surface area contributed by atoms with Crippen molar-refractivity contribution >= 4 is 11.8 Å². The molecule has 1 aliphatic heterocycles. The number of hydrogen-bond donors (Lipinski definition) is 0. The molecule has 136 valence electrons. The van der Waals surface area contributed by atoms with E-state index in [-0.39, 0.29) is 40.4 Å². The summed E-state index contributed by atoms with van der Waals surface area (Å²) in [7, 11) is 0. The van der Waals surface area contributed by atoms with Crippen LogP contribution in [0.25, 0.3) is 0 Å². The van der Waals surface area contributed by atoms with Gasteiger partial charge in [-0.2, -0.15) is 0 Å².